The van der Waals surface area contributed by atoms with Crippen molar-refractivity contribution in [2.45, 2.75) is 31.7 Å². The Morgan fingerprint density at radius 3 is 2.71 bits per heavy atom. The third-order valence-electron chi connectivity index (χ3n) is 2.85. The molecule has 0 aromatic heterocycles. The summed E-state index contributed by atoms with van der Waals surface area (Å²) in [6, 6.07) is -0.394. The predicted octanol–water partition coefficient (Wildman–Crippen LogP) is -0.279. The Kier molecular flexibility index (Phi) is 5.93. The first-order valence-electron chi connectivity index (χ1n) is 5.95. The van der Waals surface area contributed by atoms with E-state index in [0.717, 1.165) is 19.3 Å². The summed E-state index contributed by atoms with van der Waals surface area (Å²) >= 11 is 0. The van der Waals surface area contributed by atoms with Gasteiger partial charge in [0.25, 0.3) is 0 Å². The van der Waals surface area contributed by atoms with Crippen LogP contribution in [-0.2, 0) is 14.3 Å². The van der Waals surface area contributed by atoms with Crippen LogP contribution in [0.2, 0.25) is 0 Å². The number of nitrogens with two attached hydrogens (primary N) is 1. The normalized spacial score (nSPS) is 23.6. The van der Waals surface area contributed by atoms with E-state index < -0.39 is 17.9 Å². The Bertz CT molecular complexity index is 270. The van der Waals surface area contributed by atoms with Gasteiger partial charge in [-0.3, -0.25) is 9.59 Å². The third-order valence-corrected chi connectivity index (χ3v) is 2.85. The minimum absolute atomic E-state index is 0.108. The van der Waals surface area contributed by atoms with E-state index in [2.05, 4.69) is 5.32 Å². The van der Waals surface area contributed by atoms with Gasteiger partial charge in [-0.15, -0.1) is 0 Å². The van der Waals surface area contributed by atoms with Crippen molar-refractivity contribution in [1.82, 2.24) is 5.32 Å². The summed E-state index contributed by atoms with van der Waals surface area (Å²) in [5.74, 6) is -1.65. The van der Waals surface area contributed by atoms with Crippen molar-refractivity contribution in [1.29, 1.82) is 0 Å². The van der Waals surface area contributed by atoms with E-state index >= 15 is 0 Å². The molecule has 4 N–H and O–H groups in total. The van der Waals surface area contributed by atoms with Crippen LogP contribution in [0.5, 0.6) is 0 Å². The van der Waals surface area contributed by atoms with Gasteiger partial charge in [0.2, 0.25) is 5.91 Å². The lowest BCUT2D eigenvalue weighted by molar-refractivity contribution is -0.142. The molecule has 0 aromatic carbocycles. The number of carbonyl (C=O) groups is 2. The molecule has 0 saturated carbocycles. The summed E-state index contributed by atoms with van der Waals surface area (Å²) in [5, 5.41) is 11.6. The second-order valence-corrected chi connectivity index (χ2v) is 4.26. The average molecular weight is 244 g/mol. The van der Waals surface area contributed by atoms with E-state index in [4.69, 9.17) is 15.6 Å². The SMILES string of the molecule is NCCCCCC(=O)NC1COCC1C(=O)O. The number of rotatable bonds is 7. The molecular formula is C11H20N2O4. The van der Waals surface area contributed by atoms with E-state index in [1.807, 2.05) is 0 Å². The summed E-state index contributed by atoms with van der Waals surface area (Å²) < 4.78 is 5.06. The molecule has 0 bridgehead atoms. The molecule has 0 aromatic rings. The maximum Gasteiger partial charge on any atom is 0.311 e. The number of amides is 1. The molecule has 0 spiro atoms. The monoisotopic (exact) mass is 244 g/mol. The molecule has 6 heteroatoms. The molecule has 1 saturated heterocycles. The zero-order chi connectivity index (χ0) is 12.7. The Labute approximate surface area is 101 Å². The summed E-state index contributed by atoms with van der Waals surface area (Å²) in [4.78, 5) is 22.4. The Morgan fingerprint density at radius 2 is 2.06 bits per heavy atom. The smallest absolute Gasteiger partial charge is 0.311 e. The molecule has 1 fully saturated rings. The van der Waals surface area contributed by atoms with Gasteiger partial charge in [-0.05, 0) is 19.4 Å². The number of nitrogens with one attached hydrogen (secondary N) is 1. The number of carboxylic acid groups (broad SMARTS) is 1. The van der Waals surface area contributed by atoms with Crippen molar-refractivity contribution in [2.24, 2.45) is 11.7 Å². The number of hydrogen-bond acceptors (Lipinski definition) is 4. The molecule has 98 valence electrons. The minimum atomic E-state index is -0.920. The van der Waals surface area contributed by atoms with Gasteiger partial charge in [-0.25, -0.2) is 0 Å². The van der Waals surface area contributed by atoms with Crippen molar-refractivity contribution in [2.75, 3.05) is 19.8 Å². The summed E-state index contributed by atoms with van der Waals surface area (Å²) in [5.41, 5.74) is 5.35. The molecule has 1 rings (SSSR count). The second kappa shape index (κ2) is 7.24. The van der Waals surface area contributed by atoms with Gasteiger partial charge in [0.15, 0.2) is 0 Å². The van der Waals surface area contributed by atoms with Crippen LogP contribution in [0.1, 0.15) is 25.7 Å². The maximum atomic E-state index is 11.5. The highest BCUT2D eigenvalue weighted by Crippen LogP contribution is 2.14. The Hall–Kier alpha value is -1.14. The maximum absolute atomic E-state index is 11.5. The number of carboxylic acids is 1. The molecule has 1 aliphatic heterocycles. The average Bonchev–Trinajstić information content (AvgIpc) is 2.72. The lowest BCUT2D eigenvalue weighted by Crippen LogP contribution is -2.42. The van der Waals surface area contributed by atoms with Crippen LogP contribution < -0.4 is 11.1 Å². The fourth-order valence-corrected chi connectivity index (χ4v) is 1.83. The molecule has 17 heavy (non-hydrogen) atoms. The Morgan fingerprint density at radius 1 is 1.29 bits per heavy atom. The van der Waals surface area contributed by atoms with E-state index in [9.17, 15) is 9.59 Å². The quantitative estimate of drug-likeness (QED) is 0.535. The van der Waals surface area contributed by atoms with Gasteiger partial charge in [0.05, 0.1) is 19.3 Å². The van der Waals surface area contributed by atoms with Crippen LogP contribution in [0, 0.1) is 5.92 Å². The summed E-state index contributed by atoms with van der Waals surface area (Å²) in [6.45, 7) is 1.10. The lowest BCUT2D eigenvalue weighted by atomic mass is 10.0. The molecule has 6 nitrogen and oxygen atoms in total. The van der Waals surface area contributed by atoms with Crippen molar-refractivity contribution in [3.05, 3.63) is 0 Å². The van der Waals surface area contributed by atoms with E-state index in [0.29, 0.717) is 13.0 Å². The number of hydrogen-bond donors (Lipinski definition) is 3. The van der Waals surface area contributed by atoms with Crippen LogP contribution in [0.15, 0.2) is 0 Å². The minimum Gasteiger partial charge on any atom is -0.481 e. The van der Waals surface area contributed by atoms with Crippen LogP contribution in [-0.4, -0.2) is 42.8 Å². The zero-order valence-electron chi connectivity index (χ0n) is 9.85. The number of carbonyl (C=O) groups excluding carboxylic acids is 1. The van der Waals surface area contributed by atoms with E-state index in [1.54, 1.807) is 0 Å². The van der Waals surface area contributed by atoms with Crippen molar-refractivity contribution in [3.63, 3.8) is 0 Å². The number of unbranched alkanes of at least 4 members (excludes halogenated alkanes) is 2. The molecule has 1 heterocycles. The van der Waals surface area contributed by atoms with Crippen LogP contribution in [0.4, 0.5) is 0 Å². The van der Waals surface area contributed by atoms with Gasteiger partial charge < -0.3 is 20.9 Å². The highest BCUT2D eigenvalue weighted by molar-refractivity contribution is 5.78. The number of aliphatic carboxylic acids is 1. The van der Waals surface area contributed by atoms with E-state index in [1.165, 1.54) is 0 Å². The van der Waals surface area contributed by atoms with Gasteiger partial charge in [0.1, 0.15) is 5.92 Å². The predicted molar refractivity (Wildman–Crippen MR) is 61.4 cm³/mol. The van der Waals surface area contributed by atoms with Crippen molar-refractivity contribution in [3.8, 4) is 0 Å². The molecule has 1 aliphatic rings. The standard InChI is InChI=1S/C11H20N2O4/c12-5-3-1-2-4-10(14)13-9-7-17-6-8(9)11(15)16/h8-9H,1-7,12H2,(H,13,14)(H,15,16). The zero-order valence-corrected chi connectivity index (χ0v) is 9.85. The lowest BCUT2D eigenvalue weighted by Gasteiger charge is -2.15. The van der Waals surface area contributed by atoms with Gasteiger partial charge >= 0.3 is 5.97 Å². The fraction of sp³-hybridized carbons (Fsp3) is 0.818. The molecule has 1 amide bonds. The molecule has 0 radical (unpaired) electrons. The Balaban J connectivity index is 2.23. The van der Waals surface area contributed by atoms with Crippen LogP contribution >= 0.6 is 0 Å². The van der Waals surface area contributed by atoms with E-state index in [-0.39, 0.29) is 19.1 Å². The van der Waals surface area contributed by atoms with Crippen molar-refractivity contribution < 1.29 is 19.4 Å². The van der Waals surface area contributed by atoms with Gasteiger partial charge in [0, 0.05) is 6.42 Å². The van der Waals surface area contributed by atoms with Crippen LogP contribution in [0.3, 0.4) is 0 Å². The van der Waals surface area contributed by atoms with Gasteiger partial charge in [-0.1, -0.05) is 6.42 Å². The highest BCUT2D eigenvalue weighted by Gasteiger charge is 2.34. The largest absolute Gasteiger partial charge is 0.481 e. The molecule has 2 atom stereocenters. The summed E-state index contributed by atoms with van der Waals surface area (Å²) in [7, 11) is 0. The molecule has 0 aliphatic carbocycles. The second-order valence-electron chi connectivity index (χ2n) is 4.26. The van der Waals surface area contributed by atoms with Gasteiger partial charge in [-0.2, -0.15) is 0 Å². The molecular weight excluding hydrogens is 224 g/mol. The highest BCUT2D eigenvalue weighted by atomic mass is 16.5. The first-order valence-corrected chi connectivity index (χ1v) is 5.95. The fourth-order valence-electron chi connectivity index (χ4n) is 1.83. The first-order chi connectivity index (χ1) is 8.15. The molecule has 2 unspecified atom stereocenters. The third kappa shape index (κ3) is 4.70. The number of ether oxygens (including phenoxy) is 1. The van der Waals surface area contributed by atoms with Crippen LogP contribution in [0.25, 0.3) is 0 Å². The van der Waals surface area contributed by atoms with Crippen molar-refractivity contribution >= 4 is 11.9 Å². The first kappa shape index (κ1) is 13.9. The topological polar surface area (TPSA) is 102 Å². The summed E-state index contributed by atoms with van der Waals surface area (Å²) in [6.07, 6.45) is 3.04.